The molecule has 0 aromatic heterocycles. The van der Waals surface area contributed by atoms with E-state index in [1.807, 2.05) is 0 Å². The summed E-state index contributed by atoms with van der Waals surface area (Å²) in [4.78, 5) is 2.71. The van der Waals surface area contributed by atoms with E-state index in [0.29, 0.717) is 0 Å². The van der Waals surface area contributed by atoms with Gasteiger partial charge < -0.3 is 4.90 Å². The third kappa shape index (κ3) is 1.52. The van der Waals surface area contributed by atoms with Gasteiger partial charge >= 0.3 is 0 Å². The predicted molar refractivity (Wildman–Crippen MR) is 52.2 cm³/mol. The molecule has 2 heterocycles. The zero-order chi connectivity index (χ0) is 8.55. The van der Waals surface area contributed by atoms with Crippen LogP contribution in [0.2, 0.25) is 0 Å². The molecule has 2 fully saturated rings. The van der Waals surface area contributed by atoms with E-state index in [4.69, 9.17) is 0 Å². The highest BCUT2D eigenvalue weighted by molar-refractivity contribution is 4.86. The van der Waals surface area contributed by atoms with Gasteiger partial charge in [0.05, 0.1) is 0 Å². The lowest BCUT2D eigenvalue weighted by Gasteiger charge is -2.36. The summed E-state index contributed by atoms with van der Waals surface area (Å²) >= 11 is 0. The number of nitrogens with zero attached hydrogens (tertiary/aromatic N) is 1. The van der Waals surface area contributed by atoms with E-state index in [0.717, 1.165) is 17.9 Å². The molecule has 1 unspecified atom stereocenters. The fourth-order valence-corrected chi connectivity index (χ4v) is 2.86. The molecule has 2 atom stereocenters. The van der Waals surface area contributed by atoms with Gasteiger partial charge in [0.15, 0.2) is 0 Å². The Balaban J connectivity index is 1.92. The first kappa shape index (κ1) is 8.55. The first-order valence-corrected chi connectivity index (χ1v) is 5.51. The van der Waals surface area contributed by atoms with Gasteiger partial charge in [-0.2, -0.15) is 0 Å². The second kappa shape index (κ2) is 3.37. The highest BCUT2D eigenvalue weighted by atomic mass is 15.2. The minimum Gasteiger partial charge on any atom is -0.300 e. The van der Waals surface area contributed by atoms with E-state index in [-0.39, 0.29) is 0 Å². The van der Waals surface area contributed by atoms with Crippen molar-refractivity contribution < 1.29 is 0 Å². The number of hydrogen-bond donors (Lipinski definition) is 0. The highest BCUT2D eigenvalue weighted by Gasteiger charge is 2.32. The molecule has 0 aromatic rings. The number of fused-ring (bicyclic) bond motifs is 1. The lowest BCUT2D eigenvalue weighted by Crippen LogP contribution is -2.39. The van der Waals surface area contributed by atoms with Crippen molar-refractivity contribution in [1.82, 2.24) is 4.90 Å². The molecule has 70 valence electrons. The van der Waals surface area contributed by atoms with Crippen molar-refractivity contribution in [3.63, 3.8) is 0 Å². The van der Waals surface area contributed by atoms with Crippen LogP contribution in [-0.2, 0) is 0 Å². The minimum atomic E-state index is 0.910. The molecule has 2 rings (SSSR count). The van der Waals surface area contributed by atoms with Gasteiger partial charge in [0.1, 0.15) is 0 Å². The van der Waals surface area contributed by atoms with Gasteiger partial charge in [-0.25, -0.2) is 0 Å². The quantitative estimate of drug-likeness (QED) is 0.580. The summed E-state index contributed by atoms with van der Waals surface area (Å²) in [6.45, 7) is 7.54. The Bertz CT molecular complexity index is 153. The second-order valence-electron chi connectivity index (χ2n) is 4.86. The maximum absolute atomic E-state index is 2.71. The molecule has 2 aliphatic heterocycles. The van der Waals surface area contributed by atoms with E-state index >= 15 is 0 Å². The van der Waals surface area contributed by atoms with E-state index < -0.39 is 0 Å². The summed E-state index contributed by atoms with van der Waals surface area (Å²) in [5.74, 6) is 1.93. The Morgan fingerprint density at radius 2 is 2.00 bits per heavy atom. The number of rotatable bonds is 1. The van der Waals surface area contributed by atoms with Crippen LogP contribution < -0.4 is 0 Å². The lowest BCUT2D eigenvalue weighted by molar-refractivity contribution is 0.128. The number of piperidine rings is 1. The van der Waals surface area contributed by atoms with Gasteiger partial charge in [-0.1, -0.05) is 13.8 Å². The third-order valence-corrected chi connectivity index (χ3v) is 3.80. The molecule has 2 aliphatic rings. The van der Waals surface area contributed by atoms with Gasteiger partial charge in [0.2, 0.25) is 0 Å². The smallest absolute Gasteiger partial charge is 0.00984 e. The van der Waals surface area contributed by atoms with Crippen LogP contribution in [0.1, 0.15) is 39.5 Å². The molecule has 0 radical (unpaired) electrons. The van der Waals surface area contributed by atoms with Crippen LogP contribution in [0.3, 0.4) is 0 Å². The van der Waals surface area contributed by atoms with Crippen LogP contribution in [0.4, 0.5) is 0 Å². The summed E-state index contributed by atoms with van der Waals surface area (Å²) in [6, 6.07) is 0.964. The second-order valence-corrected chi connectivity index (χ2v) is 4.86. The monoisotopic (exact) mass is 167 g/mol. The van der Waals surface area contributed by atoms with Crippen molar-refractivity contribution in [3.05, 3.63) is 0 Å². The van der Waals surface area contributed by atoms with Gasteiger partial charge in [0.25, 0.3) is 0 Å². The summed E-state index contributed by atoms with van der Waals surface area (Å²) in [5, 5.41) is 0. The van der Waals surface area contributed by atoms with Crippen molar-refractivity contribution in [2.24, 2.45) is 11.8 Å². The molecule has 0 amide bonds. The van der Waals surface area contributed by atoms with Crippen molar-refractivity contribution in [3.8, 4) is 0 Å². The molecule has 0 aromatic carbocycles. The van der Waals surface area contributed by atoms with Crippen LogP contribution in [0.15, 0.2) is 0 Å². The third-order valence-electron chi connectivity index (χ3n) is 3.80. The topological polar surface area (TPSA) is 3.24 Å². The number of hydrogen-bond acceptors (Lipinski definition) is 1. The fourth-order valence-electron chi connectivity index (χ4n) is 2.86. The van der Waals surface area contributed by atoms with Crippen LogP contribution in [0.25, 0.3) is 0 Å². The van der Waals surface area contributed by atoms with Gasteiger partial charge in [0, 0.05) is 6.04 Å². The fraction of sp³-hybridized carbons (Fsp3) is 1.00. The normalized spacial score (nSPS) is 37.2. The van der Waals surface area contributed by atoms with Crippen molar-refractivity contribution in [2.45, 2.75) is 45.6 Å². The standard InChI is InChI=1S/C11H21N/c1-9(2)10-5-7-12-6-3-4-11(12)8-10/h9-11H,3-8H2,1-2H3/t10?,11-/m0/s1. The van der Waals surface area contributed by atoms with Gasteiger partial charge in [-0.05, 0) is 50.6 Å². The molecule has 0 bridgehead atoms. The highest BCUT2D eigenvalue weighted by Crippen LogP contribution is 2.33. The van der Waals surface area contributed by atoms with Crippen molar-refractivity contribution >= 4 is 0 Å². The van der Waals surface area contributed by atoms with E-state index in [9.17, 15) is 0 Å². The summed E-state index contributed by atoms with van der Waals surface area (Å²) in [5.41, 5.74) is 0. The Labute approximate surface area is 76.1 Å². The maximum Gasteiger partial charge on any atom is 0.00984 e. The first-order chi connectivity index (χ1) is 5.77. The predicted octanol–water partition coefficient (Wildman–Crippen LogP) is 2.52. The minimum absolute atomic E-state index is 0.910. The SMILES string of the molecule is CC(C)C1CCN2CCC[C@H]2C1. The molecule has 2 saturated heterocycles. The van der Waals surface area contributed by atoms with Crippen LogP contribution in [-0.4, -0.2) is 24.0 Å². The molecule has 0 N–H and O–H groups in total. The van der Waals surface area contributed by atoms with Crippen molar-refractivity contribution in [1.29, 1.82) is 0 Å². The van der Waals surface area contributed by atoms with Crippen molar-refractivity contribution in [2.75, 3.05) is 13.1 Å². The largest absolute Gasteiger partial charge is 0.300 e. The van der Waals surface area contributed by atoms with Crippen LogP contribution in [0.5, 0.6) is 0 Å². The molecular weight excluding hydrogens is 146 g/mol. The average Bonchev–Trinajstić information content (AvgIpc) is 2.49. The first-order valence-electron chi connectivity index (χ1n) is 5.51. The Hall–Kier alpha value is -0.0400. The van der Waals surface area contributed by atoms with Crippen LogP contribution in [0, 0.1) is 11.8 Å². The van der Waals surface area contributed by atoms with Crippen LogP contribution >= 0.6 is 0 Å². The zero-order valence-electron chi connectivity index (χ0n) is 8.42. The van der Waals surface area contributed by atoms with E-state index in [2.05, 4.69) is 18.7 Å². The van der Waals surface area contributed by atoms with Gasteiger partial charge in [-0.15, -0.1) is 0 Å². The lowest BCUT2D eigenvalue weighted by atomic mass is 9.83. The maximum atomic E-state index is 2.71. The molecule has 12 heavy (non-hydrogen) atoms. The molecule has 1 nitrogen and oxygen atoms in total. The molecule has 0 spiro atoms. The van der Waals surface area contributed by atoms with E-state index in [1.54, 1.807) is 0 Å². The molecule has 0 saturated carbocycles. The Kier molecular flexibility index (Phi) is 2.40. The summed E-state index contributed by atoms with van der Waals surface area (Å²) < 4.78 is 0. The molecule has 0 aliphatic carbocycles. The van der Waals surface area contributed by atoms with E-state index in [1.165, 1.54) is 38.8 Å². The summed E-state index contributed by atoms with van der Waals surface area (Å²) in [6.07, 6.45) is 5.87. The Morgan fingerprint density at radius 3 is 2.75 bits per heavy atom. The van der Waals surface area contributed by atoms with Gasteiger partial charge in [-0.3, -0.25) is 0 Å². The summed E-state index contributed by atoms with van der Waals surface area (Å²) in [7, 11) is 0. The zero-order valence-corrected chi connectivity index (χ0v) is 8.42. The molecular formula is C11H21N. The molecule has 1 heteroatoms. The average molecular weight is 167 g/mol. The Morgan fingerprint density at radius 1 is 1.17 bits per heavy atom.